The standard InChI is InChI=1S/C25H27ClN4O2.C24H36ClN5O3S.C24H35ClN4O2.C24H34ClN3O3S/c1-4-16-5-7-20(8-6-16)28-24(32)30-11-9-18(10-12-30)25(2,3)23(31)21-14-19(26)13-17-15-27-29-22(17)21;1-24(2,22(31)20-14-18(25)13-16-15-26-28-21(16)20)17-5-9-29(10-6-17)23(32)27-19-7-11-30(12-8-19)34(3,4)33;1-15-4-6-19(7-5-15)27-23(31)29-10-8-17(9-11-29)24(2,3)22(30)20-13-18(25)12-16-14-26-28-21(16)20;1-24(2,23(30)20-14-19(25)13-17-15-26-27-22(17)20)18-4-8-28(9-5-18)21(29)12-16-6-10-32(3,31)11-7-16/h1,5-8,13-15,18,23,31H,9-12H2,2-3H3,(H,27,29)(H,28,32);13-15,17,19,22,31H,3,5-12H2,1-2,4H3,(H,26,28)(H,27,32);12-15,17,19,22,30H,4-11H2,1-3H3,(H,26,28)(H,27,31);13-16,18,23,30H,3-12H2,1-2H3,(H,26,27)/t23-;;;/m1.../s1. The summed E-state index contributed by atoms with van der Waals surface area (Å²) < 4.78 is 26.1. The van der Waals surface area contributed by atoms with E-state index in [1.165, 1.54) is 12.8 Å². The highest BCUT2D eigenvalue weighted by atomic mass is 35.5. The molecule has 129 heavy (non-hydrogen) atoms. The lowest BCUT2D eigenvalue weighted by Gasteiger charge is -2.43. The third kappa shape index (κ3) is 23.5. The highest BCUT2D eigenvalue weighted by Crippen LogP contribution is 2.52. The maximum atomic E-state index is 12.9. The molecule has 32 heteroatoms. The van der Waals surface area contributed by atoms with Gasteiger partial charge in [-0.25, -0.2) is 18.7 Å². The molecule has 11 N–H and O–H groups in total. The molecule has 0 radical (unpaired) electrons. The van der Waals surface area contributed by atoms with Gasteiger partial charge in [-0.1, -0.05) is 115 Å². The van der Waals surface area contributed by atoms with Gasteiger partial charge < -0.3 is 56.0 Å². The first-order valence-electron chi connectivity index (χ1n) is 45.7. The summed E-state index contributed by atoms with van der Waals surface area (Å²) in [6.07, 6.45) is 26.2. The largest absolute Gasteiger partial charge is 0.388 e. The molecular formula is C97H132Cl4N16O10S2. The molecule has 7 amide bonds. The van der Waals surface area contributed by atoms with Crippen molar-refractivity contribution in [3.63, 3.8) is 0 Å². The molecule has 0 bridgehead atoms. The lowest BCUT2D eigenvalue weighted by Crippen LogP contribution is -2.52. The van der Waals surface area contributed by atoms with Crippen LogP contribution in [0.1, 0.15) is 224 Å². The van der Waals surface area contributed by atoms with Gasteiger partial charge in [0.05, 0.1) is 71.3 Å². The number of halogens is 4. The van der Waals surface area contributed by atoms with Crippen LogP contribution in [-0.4, -0.2) is 225 Å². The zero-order chi connectivity index (χ0) is 92.8. The zero-order valence-electron chi connectivity index (χ0n) is 76.3. The lowest BCUT2D eigenvalue weighted by atomic mass is 9.68. The molecular weight excluding hydrogens is 1760 g/mol. The molecule has 1 saturated carbocycles. The quantitative estimate of drug-likeness (QED) is 0.0281. The Kier molecular flexibility index (Phi) is 31.7. The number of amides is 7. The van der Waals surface area contributed by atoms with E-state index in [0.717, 1.165) is 186 Å². The highest BCUT2D eigenvalue weighted by Gasteiger charge is 2.46. The van der Waals surface area contributed by atoms with Crippen molar-refractivity contribution < 1.29 is 48.0 Å². The number of piperidine rings is 5. The number of aromatic amines is 4. The molecule has 9 aromatic rings. The number of terminal acetylenes is 1. The van der Waals surface area contributed by atoms with E-state index in [0.29, 0.717) is 108 Å². The first-order chi connectivity index (χ1) is 61.1. The van der Waals surface area contributed by atoms with Crippen LogP contribution in [0, 0.1) is 69.5 Å². The fourth-order valence-electron chi connectivity index (χ4n) is 20.7. The van der Waals surface area contributed by atoms with Gasteiger partial charge in [-0.05, 0) is 254 Å². The molecule has 4 aromatic heterocycles. The average molecular weight is 1890 g/mol. The van der Waals surface area contributed by atoms with Crippen molar-refractivity contribution in [1.82, 2.24) is 75.3 Å². The van der Waals surface area contributed by atoms with Crippen LogP contribution in [0.25, 0.3) is 43.6 Å². The number of likely N-dealkylation sites (tertiary alicyclic amines) is 4. The fraction of sp³-hybridized carbons (Fsp3) is 0.567. The van der Waals surface area contributed by atoms with Crippen LogP contribution in [-0.2, 0) is 24.0 Å². The number of hydrogen-bond acceptors (Lipinski definition) is 14. The monoisotopic (exact) mass is 1880 g/mol. The number of fused-ring (bicyclic) bond motifs is 4. The number of aromatic nitrogens is 8. The molecule has 4 unspecified atom stereocenters. The average Bonchev–Trinajstić information content (AvgIpc) is 1.76. The smallest absolute Gasteiger partial charge is 0.321 e. The third-order valence-corrected chi connectivity index (χ3v) is 34.1. The molecule has 7 fully saturated rings. The molecule has 1 aliphatic carbocycles. The molecule has 6 saturated heterocycles. The number of rotatable bonds is 18. The Morgan fingerprint density at radius 1 is 0.481 bits per heavy atom. The summed E-state index contributed by atoms with van der Waals surface area (Å²) in [6, 6.07) is 22.2. The van der Waals surface area contributed by atoms with Crippen LogP contribution in [0.3, 0.4) is 0 Å². The number of anilines is 1. The van der Waals surface area contributed by atoms with E-state index in [1.807, 2.05) is 72.4 Å². The van der Waals surface area contributed by atoms with E-state index in [1.54, 1.807) is 55.3 Å². The molecule has 26 nitrogen and oxygen atoms in total. The van der Waals surface area contributed by atoms with Crippen LogP contribution < -0.4 is 16.0 Å². The van der Waals surface area contributed by atoms with E-state index in [2.05, 4.69) is 137 Å². The second-order valence-corrected chi connectivity index (χ2v) is 46.8. The number of aliphatic hydroxyl groups excluding tert-OH is 4. The number of urea groups is 3. The minimum Gasteiger partial charge on any atom is -0.388 e. The number of benzene rings is 5. The Morgan fingerprint density at radius 3 is 1.09 bits per heavy atom. The number of carbonyl (C=O) groups is 4. The van der Waals surface area contributed by atoms with Gasteiger partial charge in [0, 0.05) is 187 Å². The summed E-state index contributed by atoms with van der Waals surface area (Å²) in [7, 11) is -4.09. The van der Waals surface area contributed by atoms with Crippen LogP contribution in [0.15, 0.2) is 97.6 Å². The Labute approximate surface area is 780 Å². The highest BCUT2D eigenvalue weighted by molar-refractivity contribution is 8.00. The predicted octanol–water partition coefficient (Wildman–Crippen LogP) is 17.9. The molecule has 0 spiro atoms. The molecule has 700 valence electrons. The van der Waals surface area contributed by atoms with Crippen molar-refractivity contribution in [2.45, 2.75) is 208 Å². The Balaban J connectivity index is 0.000000147. The van der Waals surface area contributed by atoms with Crippen molar-refractivity contribution in [3.05, 3.63) is 145 Å². The summed E-state index contributed by atoms with van der Waals surface area (Å²) in [5.74, 6) is 13.8. The van der Waals surface area contributed by atoms with Crippen LogP contribution >= 0.6 is 46.4 Å². The van der Waals surface area contributed by atoms with Crippen LogP contribution in [0.2, 0.25) is 20.1 Å². The van der Waals surface area contributed by atoms with Crippen molar-refractivity contribution >= 4 is 151 Å². The number of H-pyrrole nitrogens is 4. The second-order valence-electron chi connectivity index (χ2n) is 39.8. The minimum absolute atomic E-state index is 0.0314. The second kappa shape index (κ2) is 41.5. The lowest BCUT2D eigenvalue weighted by molar-refractivity contribution is -0.135. The van der Waals surface area contributed by atoms with Gasteiger partial charge in [0.25, 0.3) is 0 Å². The predicted molar refractivity (Wildman–Crippen MR) is 522 cm³/mol. The van der Waals surface area contributed by atoms with E-state index in [9.17, 15) is 48.0 Å². The van der Waals surface area contributed by atoms with Gasteiger partial charge in [0.2, 0.25) is 5.91 Å². The zero-order valence-corrected chi connectivity index (χ0v) is 80.9. The van der Waals surface area contributed by atoms with Crippen LogP contribution in [0.4, 0.5) is 20.1 Å². The van der Waals surface area contributed by atoms with Crippen molar-refractivity contribution in [1.29, 1.82) is 0 Å². The number of nitrogens with zero attached hydrogens (tertiary/aromatic N) is 9. The van der Waals surface area contributed by atoms with Gasteiger partial charge in [0.15, 0.2) is 0 Å². The van der Waals surface area contributed by atoms with E-state index in [4.69, 9.17) is 52.8 Å². The first-order valence-corrected chi connectivity index (χ1v) is 51.4. The Morgan fingerprint density at radius 2 is 0.783 bits per heavy atom. The number of nitrogens with one attached hydrogen (secondary N) is 7. The van der Waals surface area contributed by atoms with Crippen molar-refractivity contribution in [2.24, 2.45) is 57.2 Å². The van der Waals surface area contributed by atoms with E-state index in [-0.39, 0.29) is 58.6 Å². The van der Waals surface area contributed by atoms with E-state index < -0.39 is 54.5 Å². The summed E-state index contributed by atoms with van der Waals surface area (Å²) in [4.78, 5) is 58.8. The van der Waals surface area contributed by atoms with Gasteiger partial charge in [0.1, 0.15) is 0 Å². The third-order valence-electron chi connectivity index (χ3n) is 29.8. The van der Waals surface area contributed by atoms with Crippen molar-refractivity contribution in [3.8, 4) is 12.3 Å². The van der Waals surface area contributed by atoms with Gasteiger partial charge in [-0.3, -0.25) is 33.6 Å². The number of hydrogen-bond donors (Lipinski definition) is 11. The minimum atomic E-state index is -2.18. The van der Waals surface area contributed by atoms with Gasteiger partial charge in [-0.2, -0.15) is 20.4 Å². The molecule has 10 heterocycles. The summed E-state index contributed by atoms with van der Waals surface area (Å²) in [6.45, 7) is 25.9. The maximum Gasteiger partial charge on any atom is 0.321 e. The molecule has 5 aromatic carbocycles. The summed E-state index contributed by atoms with van der Waals surface area (Å²) in [5.41, 5.74) is 6.30. The number of aliphatic hydroxyl groups is 4. The maximum absolute atomic E-state index is 12.9. The normalized spacial score (nSPS) is 22.2. The molecule has 5 atom stereocenters. The first kappa shape index (κ1) is 98.3. The SMILES string of the molecule is C#Cc1ccc(NC(=O)N2CCC(C(C)(C)[C@H](O)c3cc(Cl)cc4cn[nH]c34)CC2)cc1.C=S(C)(=O)N1CCC(NC(=O)N2CCC(C(C)(C)C(O)c3cc(Cl)cc4cn[nH]c34)CC2)CC1.C=S1(=O)CCC(CC(=O)N2CCC(C(C)(C)C(O)c3cc(Cl)cc4cn[nH]c34)CC2)CC1.CC1CCC(NC(=O)N2CCC(C(C)(C)C(O)c3cc(Cl)cc4cn[nH]c34)CC2)CC1. The topological polar surface area (TPSA) is 350 Å². The molecule has 16 rings (SSSR count). The van der Waals surface area contributed by atoms with E-state index >= 15 is 0 Å². The summed E-state index contributed by atoms with van der Waals surface area (Å²) >= 11 is 25.2. The van der Waals surface area contributed by atoms with Gasteiger partial charge in [-0.15, -0.1) is 6.42 Å². The Hall–Kier alpha value is -8.18. The summed E-state index contributed by atoms with van der Waals surface area (Å²) in [5, 5.41) is 89.1. The van der Waals surface area contributed by atoms with Crippen molar-refractivity contribution in [2.75, 3.05) is 88.5 Å². The number of carbonyl (C=O) groups excluding carboxylic acids is 4. The molecule has 6 aliphatic heterocycles. The molecule has 7 aliphatic rings. The van der Waals surface area contributed by atoms with Gasteiger partial charge >= 0.3 is 18.1 Å². The van der Waals surface area contributed by atoms with Crippen LogP contribution in [0.5, 0.6) is 0 Å². The fourth-order valence-corrected chi connectivity index (χ4v) is 24.3. The Bertz CT molecular complexity index is 5650.